The number of ether oxygens (including phenoxy) is 1. The highest BCUT2D eigenvalue weighted by Gasteiger charge is 2.25. The molecular formula is C24H26N2O. The van der Waals surface area contributed by atoms with Crippen molar-refractivity contribution in [3.63, 3.8) is 0 Å². The number of hydrogen-bond acceptors (Lipinski definition) is 3. The van der Waals surface area contributed by atoms with Gasteiger partial charge in [0, 0.05) is 25.0 Å². The van der Waals surface area contributed by atoms with E-state index in [2.05, 4.69) is 70.5 Å². The predicted octanol–water partition coefficient (Wildman–Crippen LogP) is 4.72. The summed E-state index contributed by atoms with van der Waals surface area (Å²) in [5.74, 6) is 0.958. The van der Waals surface area contributed by atoms with Gasteiger partial charge in [0.25, 0.3) is 0 Å². The molecule has 0 bridgehead atoms. The molecular weight excluding hydrogens is 332 g/mol. The van der Waals surface area contributed by atoms with E-state index in [1.54, 1.807) is 0 Å². The largest absolute Gasteiger partial charge is 0.492 e. The van der Waals surface area contributed by atoms with Crippen LogP contribution in [0.5, 0.6) is 5.75 Å². The molecule has 138 valence electrons. The minimum absolute atomic E-state index is 0.481. The molecule has 1 saturated heterocycles. The van der Waals surface area contributed by atoms with Gasteiger partial charge in [0.05, 0.1) is 0 Å². The van der Waals surface area contributed by atoms with Crippen molar-refractivity contribution in [2.75, 3.05) is 13.2 Å². The molecule has 3 nitrogen and oxygen atoms in total. The molecule has 1 atom stereocenters. The van der Waals surface area contributed by atoms with E-state index in [4.69, 9.17) is 4.74 Å². The zero-order valence-corrected chi connectivity index (χ0v) is 15.6. The Balaban J connectivity index is 1.30. The van der Waals surface area contributed by atoms with Crippen molar-refractivity contribution in [1.29, 1.82) is 0 Å². The first-order valence-corrected chi connectivity index (χ1v) is 9.75. The molecule has 1 aromatic heterocycles. The van der Waals surface area contributed by atoms with Crippen LogP contribution in [0.15, 0.2) is 79.1 Å². The Morgan fingerprint density at radius 3 is 2.44 bits per heavy atom. The minimum atomic E-state index is 0.481. The van der Waals surface area contributed by atoms with E-state index in [9.17, 15) is 0 Å². The number of benzene rings is 2. The zero-order valence-electron chi connectivity index (χ0n) is 15.6. The second-order valence-electron chi connectivity index (χ2n) is 7.25. The van der Waals surface area contributed by atoms with E-state index in [0.29, 0.717) is 6.04 Å². The highest BCUT2D eigenvalue weighted by Crippen LogP contribution is 2.22. The second-order valence-corrected chi connectivity index (χ2v) is 7.25. The van der Waals surface area contributed by atoms with Crippen LogP contribution in [0.3, 0.4) is 0 Å². The Hall–Kier alpha value is -2.65. The Morgan fingerprint density at radius 2 is 1.67 bits per heavy atom. The van der Waals surface area contributed by atoms with Crippen LogP contribution in [-0.2, 0) is 13.0 Å². The highest BCUT2D eigenvalue weighted by molar-refractivity contribution is 5.31. The average molecular weight is 358 g/mol. The van der Waals surface area contributed by atoms with Crippen molar-refractivity contribution in [2.24, 2.45) is 0 Å². The minimum Gasteiger partial charge on any atom is -0.492 e. The number of likely N-dealkylation sites (tertiary alicyclic amines) is 1. The van der Waals surface area contributed by atoms with Crippen LogP contribution in [0.2, 0.25) is 0 Å². The monoisotopic (exact) mass is 358 g/mol. The van der Waals surface area contributed by atoms with Crippen molar-refractivity contribution in [3.05, 3.63) is 95.8 Å². The van der Waals surface area contributed by atoms with Gasteiger partial charge in [-0.25, -0.2) is 0 Å². The predicted molar refractivity (Wildman–Crippen MR) is 109 cm³/mol. The topological polar surface area (TPSA) is 25.4 Å². The molecule has 3 heteroatoms. The fourth-order valence-electron chi connectivity index (χ4n) is 3.75. The van der Waals surface area contributed by atoms with Crippen LogP contribution >= 0.6 is 0 Å². The number of pyridine rings is 1. The van der Waals surface area contributed by atoms with Crippen molar-refractivity contribution < 1.29 is 4.74 Å². The van der Waals surface area contributed by atoms with Crippen LogP contribution in [0.4, 0.5) is 0 Å². The first-order valence-electron chi connectivity index (χ1n) is 9.75. The average Bonchev–Trinajstić information content (AvgIpc) is 3.16. The van der Waals surface area contributed by atoms with Gasteiger partial charge in [-0.15, -0.1) is 0 Å². The van der Waals surface area contributed by atoms with Crippen molar-refractivity contribution in [2.45, 2.75) is 31.8 Å². The maximum atomic E-state index is 6.11. The molecule has 4 rings (SSSR count). The second kappa shape index (κ2) is 8.83. The summed E-state index contributed by atoms with van der Waals surface area (Å²) in [5, 5.41) is 0. The lowest BCUT2D eigenvalue weighted by Gasteiger charge is -2.24. The zero-order chi connectivity index (χ0) is 18.3. The van der Waals surface area contributed by atoms with Crippen molar-refractivity contribution >= 4 is 0 Å². The van der Waals surface area contributed by atoms with E-state index in [-0.39, 0.29) is 0 Å². The normalized spacial score (nSPS) is 17.1. The fraction of sp³-hybridized carbons (Fsp3) is 0.292. The Kier molecular flexibility index (Phi) is 5.80. The van der Waals surface area contributed by atoms with Gasteiger partial charge < -0.3 is 4.74 Å². The van der Waals surface area contributed by atoms with E-state index in [0.717, 1.165) is 31.9 Å². The van der Waals surface area contributed by atoms with Gasteiger partial charge in [0.2, 0.25) is 0 Å². The van der Waals surface area contributed by atoms with Crippen molar-refractivity contribution in [1.82, 2.24) is 9.88 Å². The van der Waals surface area contributed by atoms with Crippen LogP contribution in [0.25, 0.3) is 0 Å². The summed E-state index contributed by atoms with van der Waals surface area (Å²) in [4.78, 5) is 6.74. The molecule has 1 fully saturated rings. The van der Waals surface area contributed by atoms with Gasteiger partial charge in [0.1, 0.15) is 12.4 Å². The number of nitrogens with zero attached hydrogens (tertiary/aromatic N) is 2. The molecule has 0 aliphatic carbocycles. The fourth-order valence-corrected chi connectivity index (χ4v) is 3.75. The summed E-state index contributed by atoms with van der Waals surface area (Å²) < 4.78 is 6.11. The van der Waals surface area contributed by atoms with Gasteiger partial charge in [-0.3, -0.25) is 9.88 Å². The molecule has 0 N–H and O–H groups in total. The van der Waals surface area contributed by atoms with Crippen LogP contribution in [0.1, 0.15) is 29.5 Å². The Labute approximate surface area is 161 Å². The lowest BCUT2D eigenvalue weighted by molar-refractivity contribution is 0.167. The Bertz CT molecular complexity index is 818. The first-order chi connectivity index (χ1) is 13.4. The summed E-state index contributed by atoms with van der Waals surface area (Å²) in [6.07, 6.45) is 7.19. The van der Waals surface area contributed by atoms with Gasteiger partial charge in [-0.2, -0.15) is 0 Å². The molecule has 2 aromatic carbocycles. The van der Waals surface area contributed by atoms with E-state index >= 15 is 0 Å². The molecule has 0 spiro atoms. The summed E-state index contributed by atoms with van der Waals surface area (Å²) in [5.41, 5.74) is 3.92. The number of hydrogen-bond donors (Lipinski definition) is 0. The molecule has 1 aliphatic heterocycles. The third-order valence-electron chi connectivity index (χ3n) is 5.22. The molecule has 1 aliphatic rings. The number of aromatic nitrogens is 1. The van der Waals surface area contributed by atoms with Gasteiger partial charge >= 0.3 is 0 Å². The maximum absolute atomic E-state index is 6.11. The van der Waals surface area contributed by atoms with Gasteiger partial charge in [-0.1, -0.05) is 48.5 Å². The Morgan fingerprint density at radius 1 is 0.889 bits per heavy atom. The molecule has 2 heterocycles. The quantitative estimate of drug-likeness (QED) is 0.611. The lowest BCUT2D eigenvalue weighted by Crippen LogP contribution is -2.33. The molecule has 0 saturated carbocycles. The summed E-state index contributed by atoms with van der Waals surface area (Å²) in [6, 6.07) is 23.7. The third kappa shape index (κ3) is 4.95. The van der Waals surface area contributed by atoms with E-state index in [1.165, 1.54) is 29.5 Å². The highest BCUT2D eigenvalue weighted by atomic mass is 16.5. The van der Waals surface area contributed by atoms with Crippen LogP contribution < -0.4 is 4.74 Å². The summed E-state index contributed by atoms with van der Waals surface area (Å²) in [6.45, 7) is 2.84. The van der Waals surface area contributed by atoms with Gasteiger partial charge in [-0.05, 0) is 60.7 Å². The molecule has 3 aromatic rings. The maximum Gasteiger partial charge on any atom is 0.119 e. The van der Waals surface area contributed by atoms with Crippen molar-refractivity contribution in [3.8, 4) is 5.75 Å². The van der Waals surface area contributed by atoms with E-state index in [1.807, 2.05) is 18.5 Å². The van der Waals surface area contributed by atoms with Crippen LogP contribution in [-0.4, -0.2) is 29.1 Å². The van der Waals surface area contributed by atoms with Gasteiger partial charge in [0.15, 0.2) is 0 Å². The standard InChI is InChI=1S/C24H26N2O/c1-2-6-20(7-3-1)16-21-10-12-24(13-11-21)27-19-23-9-5-15-26(23)18-22-8-4-14-25-17-22/h1-4,6-8,10-14,17,23H,5,9,15-16,18-19H2. The summed E-state index contributed by atoms with van der Waals surface area (Å²) in [7, 11) is 0. The first kappa shape index (κ1) is 17.7. The van der Waals surface area contributed by atoms with E-state index < -0.39 is 0 Å². The molecule has 0 radical (unpaired) electrons. The molecule has 1 unspecified atom stereocenters. The van der Waals surface area contributed by atoms with Crippen LogP contribution in [0, 0.1) is 0 Å². The number of rotatable bonds is 7. The third-order valence-corrected chi connectivity index (χ3v) is 5.22. The smallest absolute Gasteiger partial charge is 0.119 e. The SMILES string of the molecule is c1ccc(Cc2ccc(OCC3CCCN3Cc3cccnc3)cc2)cc1. The lowest BCUT2D eigenvalue weighted by atomic mass is 10.1. The molecule has 0 amide bonds. The summed E-state index contributed by atoms with van der Waals surface area (Å²) >= 11 is 0. The molecule has 27 heavy (non-hydrogen) atoms.